The molecule has 0 aromatic rings. The van der Waals surface area contributed by atoms with Gasteiger partial charge in [-0.05, 0) is 57.7 Å². The van der Waals surface area contributed by atoms with E-state index in [1.54, 1.807) is 0 Å². The number of piperidine rings is 2. The van der Waals surface area contributed by atoms with Gasteiger partial charge in [0.25, 0.3) is 0 Å². The molecule has 2 rings (SSSR count). The summed E-state index contributed by atoms with van der Waals surface area (Å²) in [6.07, 6.45) is 8.49. The van der Waals surface area contributed by atoms with Crippen LogP contribution in [0.2, 0.25) is 0 Å². The van der Waals surface area contributed by atoms with Crippen LogP contribution >= 0.6 is 0 Å². The van der Waals surface area contributed by atoms with Crippen LogP contribution in [0.1, 0.15) is 38.5 Å². The zero-order valence-corrected chi connectivity index (χ0v) is 8.52. The molecular weight excluding hydrogens is 160 g/mol. The second-order valence-corrected chi connectivity index (χ2v) is 4.58. The van der Waals surface area contributed by atoms with Crippen LogP contribution in [0, 0.1) is 5.92 Å². The van der Waals surface area contributed by atoms with Gasteiger partial charge in [0, 0.05) is 6.04 Å². The fourth-order valence-electron chi connectivity index (χ4n) is 2.64. The lowest BCUT2D eigenvalue weighted by molar-refractivity contribution is 0.281. The molecular formula is C11H22N2. The predicted molar refractivity (Wildman–Crippen MR) is 55.9 cm³/mol. The zero-order valence-electron chi connectivity index (χ0n) is 8.52. The van der Waals surface area contributed by atoms with Crippen molar-refractivity contribution in [3.8, 4) is 0 Å². The van der Waals surface area contributed by atoms with E-state index in [1.807, 2.05) is 0 Å². The highest BCUT2D eigenvalue weighted by molar-refractivity contribution is 4.78. The van der Waals surface area contributed by atoms with E-state index in [4.69, 9.17) is 0 Å². The first-order valence-electron chi connectivity index (χ1n) is 5.89. The summed E-state index contributed by atoms with van der Waals surface area (Å²) >= 11 is 0. The topological polar surface area (TPSA) is 24.1 Å². The van der Waals surface area contributed by atoms with Crippen LogP contribution in [0.25, 0.3) is 0 Å². The van der Waals surface area contributed by atoms with E-state index in [0.29, 0.717) is 0 Å². The molecule has 2 saturated heterocycles. The molecule has 76 valence electrons. The molecule has 2 aliphatic heterocycles. The van der Waals surface area contributed by atoms with E-state index in [9.17, 15) is 0 Å². The molecule has 2 N–H and O–H groups in total. The van der Waals surface area contributed by atoms with E-state index in [2.05, 4.69) is 10.6 Å². The minimum atomic E-state index is 0.844. The van der Waals surface area contributed by atoms with Gasteiger partial charge in [0.15, 0.2) is 0 Å². The maximum absolute atomic E-state index is 3.65. The van der Waals surface area contributed by atoms with Gasteiger partial charge in [-0.1, -0.05) is 6.42 Å². The standard InChI is InChI=1S/C11H22N2/c1-2-6-13-11(3-1)9-10-4-7-12-8-5-10/h10-13H,1-9H2. The lowest BCUT2D eigenvalue weighted by atomic mass is 9.88. The maximum Gasteiger partial charge on any atom is 0.00697 e. The molecule has 2 fully saturated rings. The number of nitrogens with one attached hydrogen (secondary N) is 2. The van der Waals surface area contributed by atoms with Crippen molar-refractivity contribution in [2.24, 2.45) is 5.92 Å². The molecule has 1 atom stereocenters. The Kier molecular flexibility index (Phi) is 3.62. The Labute approximate surface area is 81.5 Å². The fourth-order valence-corrected chi connectivity index (χ4v) is 2.64. The summed E-state index contributed by atoms with van der Waals surface area (Å²) in [5, 5.41) is 7.08. The SMILES string of the molecule is C1CCC(CC2CCNCC2)NC1. The first-order chi connectivity index (χ1) is 6.45. The summed E-state index contributed by atoms with van der Waals surface area (Å²) in [5.74, 6) is 0.997. The Balaban J connectivity index is 1.69. The van der Waals surface area contributed by atoms with Gasteiger partial charge in [-0.3, -0.25) is 0 Å². The quantitative estimate of drug-likeness (QED) is 0.676. The Bertz CT molecular complexity index is 119. The summed E-state index contributed by atoms with van der Waals surface area (Å²) < 4.78 is 0. The molecule has 0 amide bonds. The smallest absolute Gasteiger partial charge is 0.00697 e. The van der Waals surface area contributed by atoms with E-state index in [-0.39, 0.29) is 0 Å². The molecule has 2 aliphatic rings. The molecule has 0 saturated carbocycles. The molecule has 0 bridgehead atoms. The van der Waals surface area contributed by atoms with Crippen molar-refractivity contribution in [2.45, 2.75) is 44.6 Å². The molecule has 2 heteroatoms. The van der Waals surface area contributed by atoms with Crippen LogP contribution in [0.4, 0.5) is 0 Å². The highest BCUT2D eigenvalue weighted by Crippen LogP contribution is 2.21. The van der Waals surface area contributed by atoms with Gasteiger partial charge in [-0.2, -0.15) is 0 Å². The largest absolute Gasteiger partial charge is 0.317 e. The van der Waals surface area contributed by atoms with Gasteiger partial charge in [-0.15, -0.1) is 0 Å². The van der Waals surface area contributed by atoms with E-state index in [0.717, 1.165) is 12.0 Å². The molecule has 0 aromatic carbocycles. The molecule has 0 aliphatic carbocycles. The van der Waals surface area contributed by atoms with E-state index < -0.39 is 0 Å². The zero-order chi connectivity index (χ0) is 8.93. The van der Waals surface area contributed by atoms with Crippen LogP contribution in [0.3, 0.4) is 0 Å². The van der Waals surface area contributed by atoms with Gasteiger partial charge < -0.3 is 10.6 Å². The molecule has 1 unspecified atom stereocenters. The van der Waals surface area contributed by atoms with Crippen molar-refractivity contribution in [3.63, 3.8) is 0 Å². The van der Waals surface area contributed by atoms with Crippen LogP contribution in [-0.2, 0) is 0 Å². The van der Waals surface area contributed by atoms with Crippen molar-refractivity contribution >= 4 is 0 Å². The normalized spacial score (nSPS) is 31.8. The van der Waals surface area contributed by atoms with Gasteiger partial charge in [0.2, 0.25) is 0 Å². The summed E-state index contributed by atoms with van der Waals surface area (Å²) in [5.41, 5.74) is 0. The Morgan fingerprint density at radius 3 is 2.46 bits per heavy atom. The lowest BCUT2D eigenvalue weighted by Gasteiger charge is -2.30. The Morgan fingerprint density at radius 2 is 1.77 bits per heavy atom. The third-order valence-corrected chi connectivity index (χ3v) is 3.49. The number of hydrogen-bond acceptors (Lipinski definition) is 2. The Hall–Kier alpha value is -0.0800. The summed E-state index contributed by atoms with van der Waals surface area (Å²) in [6, 6.07) is 0.844. The monoisotopic (exact) mass is 182 g/mol. The highest BCUT2D eigenvalue weighted by atomic mass is 14.9. The first kappa shape index (κ1) is 9.47. The molecule has 2 nitrogen and oxygen atoms in total. The Morgan fingerprint density at radius 1 is 0.923 bits per heavy atom. The third kappa shape index (κ3) is 2.96. The fraction of sp³-hybridized carbons (Fsp3) is 1.00. The third-order valence-electron chi connectivity index (χ3n) is 3.49. The van der Waals surface area contributed by atoms with Crippen molar-refractivity contribution in [2.75, 3.05) is 19.6 Å². The van der Waals surface area contributed by atoms with Gasteiger partial charge >= 0.3 is 0 Å². The van der Waals surface area contributed by atoms with Crippen LogP contribution in [-0.4, -0.2) is 25.7 Å². The van der Waals surface area contributed by atoms with Crippen molar-refractivity contribution in [1.82, 2.24) is 10.6 Å². The first-order valence-corrected chi connectivity index (χ1v) is 5.89. The summed E-state index contributed by atoms with van der Waals surface area (Å²) in [6.45, 7) is 3.75. The van der Waals surface area contributed by atoms with Crippen molar-refractivity contribution < 1.29 is 0 Å². The van der Waals surface area contributed by atoms with Crippen LogP contribution in [0.15, 0.2) is 0 Å². The predicted octanol–water partition coefficient (Wildman–Crippen LogP) is 1.52. The molecule has 0 radical (unpaired) electrons. The second kappa shape index (κ2) is 4.97. The molecule has 0 spiro atoms. The second-order valence-electron chi connectivity index (χ2n) is 4.58. The van der Waals surface area contributed by atoms with Crippen molar-refractivity contribution in [3.05, 3.63) is 0 Å². The van der Waals surface area contributed by atoms with Gasteiger partial charge in [-0.25, -0.2) is 0 Å². The van der Waals surface area contributed by atoms with E-state index >= 15 is 0 Å². The minimum absolute atomic E-state index is 0.844. The van der Waals surface area contributed by atoms with Crippen LogP contribution in [0.5, 0.6) is 0 Å². The molecule has 2 heterocycles. The maximum atomic E-state index is 3.65. The number of hydrogen-bond donors (Lipinski definition) is 2. The summed E-state index contributed by atoms with van der Waals surface area (Å²) in [4.78, 5) is 0. The van der Waals surface area contributed by atoms with Gasteiger partial charge in [0.1, 0.15) is 0 Å². The average Bonchev–Trinajstić information content (AvgIpc) is 2.21. The number of rotatable bonds is 2. The summed E-state index contributed by atoms with van der Waals surface area (Å²) in [7, 11) is 0. The molecule has 13 heavy (non-hydrogen) atoms. The van der Waals surface area contributed by atoms with E-state index in [1.165, 1.54) is 58.2 Å². The van der Waals surface area contributed by atoms with Gasteiger partial charge in [0.05, 0.1) is 0 Å². The highest BCUT2D eigenvalue weighted by Gasteiger charge is 2.19. The minimum Gasteiger partial charge on any atom is -0.317 e. The van der Waals surface area contributed by atoms with Crippen LogP contribution < -0.4 is 10.6 Å². The average molecular weight is 182 g/mol. The molecule has 0 aromatic heterocycles. The van der Waals surface area contributed by atoms with Crippen molar-refractivity contribution in [1.29, 1.82) is 0 Å². The lowest BCUT2D eigenvalue weighted by Crippen LogP contribution is -2.38.